The van der Waals surface area contributed by atoms with Gasteiger partial charge in [0.25, 0.3) is 0 Å². The van der Waals surface area contributed by atoms with Crippen LogP contribution in [0.1, 0.15) is 65.8 Å². The molecule has 2 aromatic rings. The number of nitrogens with zero attached hydrogens (tertiary/aromatic N) is 3. The van der Waals surface area contributed by atoms with E-state index in [1.165, 1.54) is 0 Å². The molecule has 0 N–H and O–H groups in total. The number of amides is 2. The topological polar surface area (TPSA) is 58.7 Å². The molecular weight excluding hydrogens is 390 g/mol. The lowest BCUT2D eigenvalue weighted by atomic mass is 9.84. The van der Waals surface area contributed by atoms with Crippen LogP contribution < -0.4 is 0 Å². The molecular formula is C25H39N3O3. The van der Waals surface area contributed by atoms with Crippen molar-refractivity contribution in [3.63, 3.8) is 0 Å². The third kappa shape index (κ3) is 7.93. The maximum Gasteiger partial charge on any atom is 0.242 e. The SMILES string of the molecule is CC(C)N(CC(=O)N(Cc1ccco1)Cc1cccn1C)C(=O)C[C@@H](C)CC(C)(C)C. The van der Waals surface area contributed by atoms with Crippen molar-refractivity contribution in [2.45, 2.75) is 73.5 Å². The molecule has 0 saturated heterocycles. The molecule has 172 valence electrons. The van der Waals surface area contributed by atoms with E-state index in [9.17, 15) is 9.59 Å². The second-order valence-electron chi connectivity index (χ2n) is 10.1. The molecule has 1 atom stereocenters. The minimum absolute atomic E-state index is 0.0388. The van der Waals surface area contributed by atoms with Crippen molar-refractivity contribution in [3.8, 4) is 0 Å². The Kier molecular flexibility index (Phi) is 8.54. The van der Waals surface area contributed by atoms with Crippen LogP contribution in [0.2, 0.25) is 0 Å². The monoisotopic (exact) mass is 429 g/mol. The molecule has 0 unspecified atom stereocenters. The van der Waals surface area contributed by atoms with E-state index in [-0.39, 0.29) is 35.7 Å². The van der Waals surface area contributed by atoms with Gasteiger partial charge < -0.3 is 18.8 Å². The number of hydrogen-bond donors (Lipinski definition) is 0. The van der Waals surface area contributed by atoms with Crippen LogP contribution in [-0.4, -0.2) is 38.8 Å². The molecule has 6 heteroatoms. The van der Waals surface area contributed by atoms with Crippen molar-refractivity contribution in [1.29, 1.82) is 0 Å². The number of aromatic nitrogens is 1. The molecule has 6 nitrogen and oxygen atoms in total. The summed E-state index contributed by atoms with van der Waals surface area (Å²) in [6.07, 6.45) is 5.00. The summed E-state index contributed by atoms with van der Waals surface area (Å²) in [5.74, 6) is 0.954. The first-order valence-corrected chi connectivity index (χ1v) is 11.2. The number of hydrogen-bond acceptors (Lipinski definition) is 3. The highest BCUT2D eigenvalue weighted by atomic mass is 16.3. The molecule has 2 heterocycles. The van der Waals surface area contributed by atoms with Crippen LogP contribution in [0.15, 0.2) is 41.1 Å². The van der Waals surface area contributed by atoms with E-state index in [1.807, 2.05) is 55.9 Å². The third-order valence-corrected chi connectivity index (χ3v) is 5.42. The lowest BCUT2D eigenvalue weighted by Crippen LogP contribution is -2.46. The Morgan fingerprint density at radius 3 is 2.29 bits per heavy atom. The zero-order valence-electron chi connectivity index (χ0n) is 20.2. The van der Waals surface area contributed by atoms with Crippen molar-refractivity contribution >= 4 is 11.8 Å². The summed E-state index contributed by atoms with van der Waals surface area (Å²) in [5, 5.41) is 0. The quantitative estimate of drug-likeness (QED) is 0.543. The summed E-state index contributed by atoms with van der Waals surface area (Å²) in [4.78, 5) is 29.9. The lowest BCUT2D eigenvalue weighted by molar-refractivity contribution is -0.143. The zero-order valence-corrected chi connectivity index (χ0v) is 20.2. The molecule has 0 aromatic carbocycles. The van der Waals surface area contributed by atoms with Gasteiger partial charge >= 0.3 is 0 Å². The molecule has 0 fully saturated rings. The molecule has 2 rings (SSSR count). The largest absolute Gasteiger partial charge is 0.467 e. The summed E-state index contributed by atoms with van der Waals surface area (Å²) in [6, 6.07) is 7.61. The number of aryl methyl sites for hydroxylation is 1. The highest BCUT2D eigenvalue weighted by Crippen LogP contribution is 2.26. The third-order valence-electron chi connectivity index (χ3n) is 5.42. The Bertz CT molecular complexity index is 831. The predicted molar refractivity (Wildman–Crippen MR) is 123 cm³/mol. The van der Waals surface area contributed by atoms with Gasteiger partial charge in [0.05, 0.1) is 19.4 Å². The molecule has 0 radical (unpaired) electrons. The van der Waals surface area contributed by atoms with E-state index >= 15 is 0 Å². The first kappa shape index (κ1) is 24.8. The van der Waals surface area contributed by atoms with Gasteiger partial charge in [-0.1, -0.05) is 27.7 Å². The van der Waals surface area contributed by atoms with E-state index in [0.29, 0.717) is 19.5 Å². The van der Waals surface area contributed by atoms with Gasteiger partial charge in [-0.2, -0.15) is 0 Å². The highest BCUT2D eigenvalue weighted by Gasteiger charge is 2.26. The van der Waals surface area contributed by atoms with Crippen LogP contribution in [0.5, 0.6) is 0 Å². The van der Waals surface area contributed by atoms with Gasteiger partial charge in [-0.15, -0.1) is 0 Å². The van der Waals surface area contributed by atoms with Crippen molar-refractivity contribution in [1.82, 2.24) is 14.4 Å². The van der Waals surface area contributed by atoms with Gasteiger partial charge in [0, 0.05) is 31.4 Å². The molecule has 0 spiro atoms. The van der Waals surface area contributed by atoms with Crippen LogP contribution in [-0.2, 0) is 29.7 Å². The molecule has 0 aliphatic heterocycles. The minimum Gasteiger partial charge on any atom is -0.467 e. The second-order valence-corrected chi connectivity index (χ2v) is 10.1. The van der Waals surface area contributed by atoms with Gasteiger partial charge in [0.15, 0.2) is 0 Å². The summed E-state index contributed by atoms with van der Waals surface area (Å²) in [7, 11) is 1.96. The van der Waals surface area contributed by atoms with Crippen LogP contribution in [0, 0.1) is 11.3 Å². The molecule has 2 amide bonds. The minimum atomic E-state index is -0.0804. The predicted octanol–water partition coefficient (Wildman–Crippen LogP) is 4.85. The van der Waals surface area contributed by atoms with E-state index in [1.54, 1.807) is 16.1 Å². The van der Waals surface area contributed by atoms with Crippen LogP contribution >= 0.6 is 0 Å². The van der Waals surface area contributed by atoms with E-state index in [0.717, 1.165) is 17.9 Å². The standard InChI is InChI=1S/C25H39N3O3/c1-19(2)28(23(29)14-20(3)15-25(4,5)6)18-24(30)27(17-22-11-9-13-31-22)16-21-10-8-12-26(21)7/h8-13,19-20H,14-18H2,1-7H3/t20-/m1/s1. The normalized spacial score (nSPS) is 12.8. The fourth-order valence-electron chi connectivity index (χ4n) is 4.02. The maximum absolute atomic E-state index is 13.3. The number of carbonyl (C=O) groups excluding carboxylic acids is 2. The Labute approximate surface area is 187 Å². The van der Waals surface area contributed by atoms with Crippen molar-refractivity contribution < 1.29 is 14.0 Å². The molecule has 2 aromatic heterocycles. The fraction of sp³-hybridized carbons (Fsp3) is 0.600. The van der Waals surface area contributed by atoms with Crippen LogP contribution in [0.3, 0.4) is 0 Å². The van der Waals surface area contributed by atoms with Gasteiger partial charge in [-0.25, -0.2) is 0 Å². The maximum atomic E-state index is 13.3. The molecule has 0 bridgehead atoms. The van der Waals surface area contributed by atoms with Gasteiger partial charge in [-0.05, 0) is 55.9 Å². The summed E-state index contributed by atoms with van der Waals surface area (Å²) in [6.45, 7) is 13.5. The van der Waals surface area contributed by atoms with Gasteiger partial charge in [0.1, 0.15) is 12.3 Å². The summed E-state index contributed by atoms with van der Waals surface area (Å²) < 4.78 is 7.48. The van der Waals surface area contributed by atoms with Crippen molar-refractivity contribution in [3.05, 3.63) is 48.2 Å². The Morgan fingerprint density at radius 1 is 1.06 bits per heavy atom. The highest BCUT2D eigenvalue weighted by molar-refractivity contribution is 5.85. The summed E-state index contributed by atoms with van der Waals surface area (Å²) >= 11 is 0. The molecule has 0 saturated carbocycles. The van der Waals surface area contributed by atoms with Crippen LogP contribution in [0.4, 0.5) is 0 Å². The molecule has 31 heavy (non-hydrogen) atoms. The lowest BCUT2D eigenvalue weighted by Gasteiger charge is -2.31. The average molecular weight is 430 g/mol. The van der Waals surface area contributed by atoms with Crippen LogP contribution in [0.25, 0.3) is 0 Å². The number of carbonyl (C=O) groups is 2. The zero-order chi connectivity index (χ0) is 23.2. The average Bonchev–Trinajstić information content (AvgIpc) is 3.28. The van der Waals surface area contributed by atoms with E-state index in [2.05, 4.69) is 27.7 Å². The Balaban J connectivity index is 2.11. The van der Waals surface area contributed by atoms with Gasteiger partial charge in [-0.3, -0.25) is 9.59 Å². The Morgan fingerprint density at radius 2 is 1.77 bits per heavy atom. The molecule has 0 aliphatic carbocycles. The van der Waals surface area contributed by atoms with Crippen molar-refractivity contribution in [2.24, 2.45) is 18.4 Å². The van der Waals surface area contributed by atoms with Gasteiger partial charge in [0.2, 0.25) is 11.8 Å². The Hall–Kier alpha value is -2.50. The summed E-state index contributed by atoms with van der Waals surface area (Å²) in [5.41, 5.74) is 1.20. The number of furan rings is 1. The van der Waals surface area contributed by atoms with Crippen molar-refractivity contribution in [2.75, 3.05) is 6.54 Å². The molecule has 0 aliphatic rings. The van der Waals surface area contributed by atoms with E-state index in [4.69, 9.17) is 4.42 Å². The fourth-order valence-corrected chi connectivity index (χ4v) is 4.02. The first-order chi connectivity index (χ1) is 14.5. The van der Waals surface area contributed by atoms with E-state index < -0.39 is 0 Å². The smallest absolute Gasteiger partial charge is 0.242 e. The number of rotatable bonds is 10. The first-order valence-electron chi connectivity index (χ1n) is 11.2. The second kappa shape index (κ2) is 10.7.